The van der Waals surface area contributed by atoms with Gasteiger partial charge in [0.05, 0.1) is 6.04 Å². The van der Waals surface area contributed by atoms with E-state index in [2.05, 4.69) is 17.4 Å². The predicted octanol–water partition coefficient (Wildman–Crippen LogP) is 2.33. The summed E-state index contributed by atoms with van der Waals surface area (Å²) in [6, 6.07) is 13.4. The van der Waals surface area contributed by atoms with Gasteiger partial charge in [-0.3, -0.25) is 4.79 Å². The van der Waals surface area contributed by atoms with Crippen molar-refractivity contribution in [2.75, 3.05) is 31.2 Å². The van der Waals surface area contributed by atoms with Crippen LogP contribution in [0.1, 0.15) is 17.5 Å². The molecule has 0 saturated carbocycles. The molecule has 0 aliphatic carbocycles. The minimum atomic E-state index is -0.208. The van der Waals surface area contributed by atoms with E-state index in [0.29, 0.717) is 50.8 Å². The second-order valence-corrected chi connectivity index (χ2v) is 7.62. The fourth-order valence-corrected chi connectivity index (χ4v) is 4.19. The highest BCUT2D eigenvalue weighted by Crippen LogP contribution is 2.35. The summed E-state index contributed by atoms with van der Waals surface area (Å²) in [5, 5.41) is 3.04. The molecule has 1 saturated heterocycles. The minimum Gasteiger partial charge on any atom is -0.486 e. The van der Waals surface area contributed by atoms with Crippen LogP contribution in [0.3, 0.4) is 0 Å². The van der Waals surface area contributed by atoms with Crippen LogP contribution in [0.25, 0.3) is 0 Å². The first-order chi connectivity index (χ1) is 14.2. The van der Waals surface area contributed by atoms with Gasteiger partial charge in [-0.25, -0.2) is 4.79 Å². The lowest BCUT2D eigenvalue weighted by Gasteiger charge is -2.30. The third-order valence-electron chi connectivity index (χ3n) is 5.71. The van der Waals surface area contributed by atoms with E-state index in [4.69, 9.17) is 9.47 Å². The van der Waals surface area contributed by atoms with Crippen LogP contribution < -0.4 is 19.7 Å². The molecule has 29 heavy (non-hydrogen) atoms. The molecule has 1 N–H and O–H groups in total. The predicted molar refractivity (Wildman–Crippen MR) is 107 cm³/mol. The average Bonchev–Trinajstić information content (AvgIpc) is 3.12. The molecule has 2 aromatic carbocycles. The molecule has 0 bridgehead atoms. The Morgan fingerprint density at radius 2 is 1.83 bits per heavy atom. The van der Waals surface area contributed by atoms with Crippen LogP contribution in [-0.4, -0.2) is 49.2 Å². The fourth-order valence-electron chi connectivity index (χ4n) is 4.19. The van der Waals surface area contributed by atoms with E-state index >= 15 is 0 Å². The summed E-state index contributed by atoms with van der Waals surface area (Å²) in [4.78, 5) is 28.8. The molecule has 7 nitrogen and oxygen atoms in total. The molecule has 3 aliphatic heterocycles. The molecule has 3 heterocycles. The molecule has 3 aliphatic rings. The Kier molecular flexibility index (Phi) is 4.50. The normalized spacial score (nSPS) is 20.4. The van der Waals surface area contributed by atoms with Crippen LogP contribution in [0, 0.1) is 0 Å². The first kappa shape index (κ1) is 17.8. The van der Waals surface area contributed by atoms with Crippen LogP contribution in [0.2, 0.25) is 0 Å². The number of nitrogens with one attached hydrogen (secondary N) is 1. The zero-order chi connectivity index (χ0) is 19.8. The molecule has 1 fully saturated rings. The van der Waals surface area contributed by atoms with Gasteiger partial charge in [0.25, 0.3) is 0 Å². The van der Waals surface area contributed by atoms with Gasteiger partial charge in [-0.1, -0.05) is 24.3 Å². The number of rotatable bonds is 2. The number of hydrogen-bond donors (Lipinski definition) is 1. The van der Waals surface area contributed by atoms with E-state index in [-0.39, 0.29) is 18.0 Å². The van der Waals surface area contributed by atoms with E-state index in [0.717, 1.165) is 12.1 Å². The molecule has 0 aromatic heterocycles. The zero-order valence-corrected chi connectivity index (χ0v) is 16.1. The van der Waals surface area contributed by atoms with E-state index < -0.39 is 0 Å². The zero-order valence-electron chi connectivity index (χ0n) is 16.1. The van der Waals surface area contributed by atoms with Crippen molar-refractivity contribution in [1.82, 2.24) is 10.2 Å². The number of ether oxygens (including phenoxy) is 2. The maximum absolute atomic E-state index is 12.8. The number of benzene rings is 2. The smallest absolute Gasteiger partial charge is 0.318 e. The van der Waals surface area contributed by atoms with Crippen molar-refractivity contribution in [3.63, 3.8) is 0 Å². The van der Waals surface area contributed by atoms with Crippen molar-refractivity contribution in [1.29, 1.82) is 0 Å². The number of carbonyl (C=O) groups is 2. The molecule has 1 unspecified atom stereocenters. The molecule has 0 radical (unpaired) electrons. The largest absolute Gasteiger partial charge is 0.486 e. The summed E-state index contributed by atoms with van der Waals surface area (Å²) in [6.07, 6.45) is 1.15. The van der Waals surface area contributed by atoms with Crippen molar-refractivity contribution in [2.24, 2.45) is 0 Å². The second kappa shape index (κ2) is 7.31. The Bertz CT molecular complexity index is 961. The maximum Gasteiger partial charge on any atom is 0.318 e. The number of carbonyl (C=O) groups excluding carboxylic acids is 2. The van der Waals surface area contributed by atoms with Crippen molar-refractivity contribution in [2.45, 2.75) is 25.4 Å². The molecular formula is C22H23N3O4. The number of amides is 3. The Labute approximate surface area is 169 Å². The van der Waals surface area contributed by atoms with E-state index in [1.165, 1.54) is 11.1 Å². The van der Waals surface area contributed by atoms with Crippen LogP contribution >= 0.6 is 0 Å². The first-order valence-corrected chi connectivity index (χ1v) is 9.99. The minimum absolute atomic E-state index is 0.00373. The van der Waals surface area contributed by atoms with Gasteiger partial charge in [-0.15, -0.1) is 0 Å². The van der Waals surface area contributed by atoms with Crippen LogP contribution in [0.15, 0.2) is 42.5 Å². The summed E-state index contributed by atoms with van der Waals surface area (Å²) >= 11 is 0. The van der Waals surface area contributed by atoms with Gasteiger partial charge in [0, 0.05) is 37.8 Å². The average molecular weight is 393 g/mol. The van der Waals surface area contributed by atoms with Gasteiger partial charge in [0.2, 0.25) is 5.91 Å². The van der Waals surface area contributed by atoms with E-state index in [1.807, 2.05) is 35.2 Å². The van der Waals surface area contributed by atoms with Crippen molar-refractivity contribution < 1.29 is 19.1 Å². The summed E-state index contributed by atoms with van der Waals surface area (Å²) in [5.41, 5.74) is 3.26. The number of urea groups is 1. The summed E-state index contributed by atoms with van der Waals surface area (Å²) in [5.74, 6) is 1.35. The molecule has 1 atom stereocenters. The molecule has 5 rings (SSSR count). The number of anilines is 1. The van der Waals surface area contributed by atoms with Crippen molar-refractivity contribution >= 4 is 17.6 Å². The summed E-state index contributed by atoms with van der Waals surface area (Å²) in [7, 11) is 0. The molecule has 3 amide bonds. The molecule has 2 aromatic rings. The lowest BCUT2D eigenvalue weighted by Crippen LogP contribution is -2.47. The van der Waals surface area contributed by atoms with Crippen LogP contribution in [-0.2, 0) is 17.8 Å². The van der Waals surface area contributed by atoms with Crippen molar-refractivity contribution in [3.05, 3.63) is 53.6 Å². The highest BCUT2D eigenvalue weighted by Gasteiger charge is 2.33. The van der Waals surface area contributed by atoms with Gasteiger partial charge >= 0.3 is 6.03 Å². The number of hydrogen-bond acceptors (Lipinski definition) is 4. The second-order valence-electron chi connectivity index (χ2n) is 7.62. The third kappa shape index (κ3) is 3.48. The Morgan fingerprint density at radius 1 is 1.03 bits per heavy atom. The highest BCUT2D eigenvalue weighted by molar-refractivity contribution is 5.97. The quantitative estimate of drug-likeness (QED) is 0.850. The van der Waals surface area contributed by atoms with Gasteiger partial charge in [0.1, 0.15) is 13.2 Å². The number of nitrogens with zero attached hydrogens (tertiary/aromatic N) is 2. The van der Waals surface area contributed by atoms with Gasteiger partial charge in [0.15, 0.2) is 11.5 Å². The summed E-state index contributed by atoms with van der Waals surface area (Å²) < 4.78 is 11.2. The Hall–Kier alpha value is -3.22. The van der Waals surface area contributed by atoms with Gasteiger partial charge in [-0.05, 0) is 29.7 Å². The SMILES string of the molecule is O=C(NC1CC(=O)N(c2ccc3c(c2)OCCO3)C1)N1CCc2ccccc2C1. The van der Waals surface area contributed by atoms with E-state index in [1.54, 1.807) is 4.90 Å². The van der Waals surface area contributed by atoms with Crippen molar-refractivity contribution in [3.8, 4) is 11.5 Å². The number of fused-ring (bicyclic) bond motifs is 2. The lowest BCUT2D eigenvalue weighted by molar-refractivity contribution is -0.117. The highest BCUT2D eigenvalue weighted by atomic mass is 16.6. The monoisotopic (exact) mass is 393 g/mol. The topological polar surface area (TPSA) is 71.1 Å². The molecule has 0 spiro atoms. The summed E-state index contributed by atoms with van der Waals surface area (Å²) in [6.45, 7) is 2.78. The fraction of sp³-hybridized carbons (Fsp3) is 0.364. The van der Waals surface area contributed by atoms with Gasteiger partial charge in [-0.2, -0.15) is 0 Å². The lowest BCUT2D eigenvalue weighted by atomic mass is 10.0. The standard InChI is InChI=1S/C22H23N3O4/c26-21-11-17(14-25(21)18-5-6-19-20(12-18)29-10-9-28-19)23-22(27)24-8-7-15-3-1-2-4-16(15)13-24/h1-6,12,17H,7-11,13-14H2,(H,23,27). The molecule has 150 valence electrons. The third-order valence-corrected chi connectivity index (χ3v) is 5.71. The van der Waals surface area contributed by atoms with Crippen LogP contribution in [0.5, 0.6) is 11.5 Å². The Morgan fingerprint density at radius 3 is 2.69 bits per heavy atom. The maximum atomic E-state index is 12.8. The van der Waals surface area contributed by atoms with Gasteiger partial charge < -0.3 is 24.6 Å². The first-order valence-electron chi connectivity index (χ1n) is 9.99. The Balaban J connectivity index is 1.23. The van der Waals surface area contributed by atoms with E-state index in [9.17, 15) is 9.59 Å². The molecule has 7 heteroatoms. The van der Waals surface area contributed by atoms with Crippen LogP contribution in [0.4, 0.5) is 10.5 Å². The molecular weight excluding hydrogens is 370 g/mol.